The molecule has 1 unspecified atom stereocenters. The molecule has 1 heterocycles. The lowest BCUT2D eigenvalue weighted by Crippen LogP contribution is -2.47. The maximum Gasteiger partial charge on any atom is 0.252 e. The molecule has 2 aromatic rings. The first-order valence-corrected chi connectivity index (χ1v) is 10.4. The summed E-state index contributed by atoms with van der Waals surface area (Å²) in [5.74, 6) is -0.682. The summed E-state index contributed by atoms with van der Waals surface area (Å²) in [4.78, 5) is 39.2. The molecule has 30 heavy (non-hydrogen) atoms. The third-order valence-electron chi connectivity index (χ3n) is 5.20. The molecule has 158 valence electrons. The highest BCUT2D eigenvalue weighted by atomic mass is 35.5. The number of carbonyl (C=O) groups is 3. The highest BCUT2D eigenvalue weighted by Crippen LogP contribution is 2.31. The van der Waals surface area contributed by atoms with Gasteiger partial charge in [0.25, 0.3) is 5.91 Å². The van der Waals surface area contributed by atoms with E-state index in [2.05, 4.69) is 10.6 Å². The second-order valence-corrected chi connectivity index (χ2v) is 8.22. The molecule has 1 aliphatic rings. The van der Waals surface area contributed by atoms with E-state index in [0.717, 1.165) is 12.0 Å². The summed E-state index contributed by atoms with van der Waals surface area (Å²) in [6.07, 6.45) is 1.33. The zero-order chi connectivity index (χ0) is 21.8. The number of hydrogen-bond acceptors (Lipinski definition) is 3. The van der Waals surface area contributed by atoms with Crippen LogP contribution in [0.2, 0.25) is 5.02 Å². The molecule has 0 radical (unpaired) electrons. The van der Waals surface area contributed by atoms with E-state index in [0.29, 0.717) is 34.9 Å². The number of amides is 3. The Kier molecular flexibility index (Phi) is 6.77. The van der Waals surface area contributed by atoms with Crippen LogP contribution in [0.15, 0.2) is 42.5 Å². The molecule has 1 fully saturated rings. The molecule has 0 aliphatic carbocycles. The molecular weight excluding hydrogens is 402 g/mol. The number of rotatable bonds is 6. The number of carbonyl (C=O) groups excluding carboxylic acids is 3. The number of nitrogens with one attached hydrogen (secondary N) is 2. The highest BCUT2D eigenvalue weighted by Gasteiger charge is 2.26. The molecule has 7 heteroatoms. The van der Waals surface area contributed by atoms with Gasteiger partial charge < -0.3 is 15.5 Å². The Morgan fingerprint density at radius 1 is 1.13 bits per heavy atom. The van der Waals surface area contributed by atoms with Crippen LogP contribution in [0.3, 0.4) is 0 Å². The predicted molar refractivity (Wildman–Crippen MR) is 119 cm³/mol. The van der Waals surface area contributed by atoms with Gasteiger partial charge in [0.15, 0.2) is 0 Å². The van der Waals surface area contributed by atoms with E-state index >= 15 is 0 Å². The van der Waals surface area contributed by atoms with Crippen LogP contribution < -0.4 is 15.5 Å². The lowest BCUT2D eigenvalue weighted by atomic mass is 10.0. The van der Waals surface area contributed by atoms with Crippen LogP contribution in [0.1, 0.15) is 42.6 Å². The molecule has 2 N–H and O–H groups in total. The maximum atomic E-state index is 12.9. The number of halogens is 1. The Labute approximate surface area is 181 Å². The fourth-order valence-corrected chi connectivity index (χ4v) is 3.79. The van der Waals surface area contributed by atoms with Gasteiger partial charge in [-0.2, -0.15) is 0 Å². The monoisotopic (exact) mass is 427 g/mol. The van der Waals surface area contributed by atoms with Gasteiger partial charge in [-0.05, 0) is 49.1 Å². The van der Waals surface area contributed by atoms with Crippen molar-refractivity contribution in [3.63, 3.8) is 0 Å². The molecule has 1 atom stereocenters. The van der Waals surface area contributed by atoms with E-state index < -0.39 is 6.04 Å². The summed E-state index contributed by atoms with van der Waals surface area (Å²) in [6.45, 7) is 6.24. The van der Waals surface area contributed by atoms with Crippen molar-refractivity contribution in [2.45, 2.75) is 39.7 Å². The van der Waals surface area contributed by atoms with Crippen LogP contribution in [0.25, 0.3) is 0 Å². The molecule has 0 spiro atoms. The lowest BCUT2D eigenvalue weighted by Gasteiger charge is -2.23. The Hall–Kier alpha value is -2.86. The van der Waals surface area contributed by atoms with E-state index in [-0.39, 0.29) is 23.6 Å². The summed E-state index contributed by atoms with van der Waals surface area (Å²) in [5, 5.41) is 6.05. The second kappa shape index (κ2) is 9.30. The van der Waals surface area contributed by atoms with Crippen molar-refractivity contribution in [2.75, 3.05) is 16.8 Å². The predicted octanol–water partition coefficient (Wildman–Crippen LogP) is 4.17. The smallest absolute Gasteiger partial charge is 0.252 e. The number of benzene rings is 2. The van der Waals surface area contributed by atoms with Gasteiger partial charge in [-0.1, -0.05) is 43.6 Å². The molecule has 1 aliphatic heterocycles. The van der Waals surface area contributed by atoms with Gasteiger partial charge in [-0.15, -0.1) is 0 Å². The minimum atomic E-state index is -0.712. The minimum Gasteiger partial charge on any atom is -0.340 e. The topological polar surface area (TPSA) is 78.5 Å². The highest BCUT2D eigenvalue weighted by molar-refractivity contribution is 6.34. The van der Waals surface area contributed by atoms with Gasteiger partial charge in [-0.3, -0.25) is 14.4 Å². The molecule has 1 saturated heterocycles. The van der Waals surface area contributed by atoms with Gasteiger partial charge >= 0.3 is 0 Å². The SMILES string of the molecule is Cc1ccccc1C(=O)NC(C(=O)Nc1ccc(N2CCCC2=O)c(Cl)c1)C(C)C. The standard InChI is InChI=1S/C23H26ClN3O3/c1-14(2)21(26-22(29)17-8-5-4-7-15(17)3)23(30)25-16-10-11-19(18(24)13-16)27-12-6-9-20(27)28/h4-5,7-8,10-11,13-14,21H,6,9,12H2,1-3H3,(H,25,30)(H,26,29). The van der Waals surface area contributed by atoms with E-state index in [1.54, 1.807) is 35.2 Å². The van der Waals surface area contributed by atoms with Crippen LogP contribution >= 0.6 is 11.6 Å². The fraction of sp³-hybridized carbons (Fsp3) is 0.348. The van der Waals surface area contributed by atoms with Crippen LogP contribution in [0, 0.1) is 12.8 Å². The Morgan fingerprint density at radius 3 is 2.47 bits per heavy atom. The van der Waals surface area contributed by atoms with Gasteiger partial charge in [0, 0.05) is 24.2 Å². The van der Waals surface area contributed by atoms with Crippen molar-refractivity contribution in [2.24, 2.45) is 5.92 Å². The first-order chi connectivity index (χ1) is 14.3. The molecule has 3 amide bonds. The normalized spacial score (nSPS) is 14.7. The molecule has 6 nitrogen and oxygen atoms in total. The Bertz CT molecular complexity index is 974. The van der Waals surface area contributed by atoms with Gasteiger partial charge in [-0.25, -0.2) is 0 Å². The van der Waals surface area contributed by atoms with Crippen molar-refractivity contribution < 1.29 is 14.4 Å². The molecule has 3 rings (SSSR count). The number of hydrogen-bond donors (Lipinski definition) is 2. The molecular formula is C23H26ClN3O3. The quantitative estimate of drug-likeness (QED) is 0.726. The average Bonchev–Trinajstić information content (AvgIpc) is 3.11. The van der Waals surface area contributed by atoms with E-state index in [9.17, 15) is 14.4 Å². The van der Waals surface area contributed by atoms with Crippen LogP contribution in [-0.2, 0) is 9.59 Å². The number of anilines is 2. The van der Waals surface area contributed by atoms with E-state index in [1.807, 2.05) is 32.9 Å². The Morgan fingerprint density at radius 2 is 1.87 bits per heavy atom. The van der Waals surface area contributed by atoms with Gasteiger partial charge in [0.05, 0.1) is 10.7 Å². The summed E-state index contributed by atoms with van der Waals surface area (Å²) < 4.78 is 0. The minimum absolute atomic E-state index is 0.0486. The van der Waals surface area contributed by atoms with Crippen molar-refractivity contribution >= 4 is 40.7 Å². The van der Waals surface area contributed by atoms with Crippen molar-refractivity contribution in [3.8, 4) is 0 Å². The Balaban J connectivity index is 1.72. The van der Waals surface area contributed by atoms with Crippen LogP contribution in [0.5, 0.6) is 0 Å². The number of nitrogens with zero attached hydrogens (tertiary/aromatic N) is 1. The lowest BCUT2D eigenvalue weighted by molar-refractivity contribution is -0.119. The van der Waals surface area contributed by atoms with Crippen LogP contribution in [-0.4, -0.2) is 30.3 Å². The first kappa shape index (κ1) is 21.8. The summed E-state index contributed by atoms with van der Waals surface area (Å²) in [6, 6.07) is 11.6. The van der Waals surface area contributed by atoms with Crippen LogP contribution in [0.4, 0.5) is 11.4 Å². The average molecular weight is 428 g/mol. The summed E-state index contributed by atoms with van der Waals surface area (Å²) >= 11 is 6.37. The fourth-order valence-electron chi connectivity index (χ4n) is 3.51. The van der Waals surface area contributed by atoms with Gasteiger partial charge in [0.1, 0.15) is 6.04 Å². The van der Waals surface area contributed by atoms with Crippen molar-refractivity contribution in [1.82, 2.24) is 5.32 Å². The molecule has 2 aromatic carbocycles. The van der Waals surface area contributed by atoms with Crippen molar-refractivity contribution in [3.05, 3.63) is 58.6 Å². The summed E-state index contributed by atoms with van der Waals surface area (Å²) in [5.41, 5.74) is 2.54. The zero-order valence-electron chi connectivity index (χ0n) is 17.4. The molecule has 0 aromatic heterocycles. The number of aryl methyl sites for hydroxylation is 1. The van der Waals surface area contributed by atoms with E-state index in [4.69, 9.17) is 11.6 Å². The van der Waals surface area contributed by atoms with Crippen molar-refractivity contribution in [1.29, 1.82) is 0 Å². The molecule has 0 saturated carbocycles. The third-order valence-corrected chi connectivity index (χ3v) is 5.51. The third kappa shape index (κ3) is 4.82. The maximum absolute atomic E-state index is 12.9. The van der Waals surface area contributed by atoms with E-state index in [1.165, 1.54) is 0 Å². The second-order valence-electron chi connectivity index (χ2n) is 7.81. The zero-order valence-corrected chi connectivity index (χ0v) is 18.1. The van der Waals surface area contributed by atoms with Gasteiger partial charge in [0.2, 0.25) is 11.8 Å². The largest absolute Gasteiger partial charge is 0.340 e. The molecule has 0 bridgehead atoms. The summed E-state index contributed by atoms with van der Waals surface area (Å²) in [7, 11) is 0. The first-order valence-electron chi connectivity index (χ1n) is 10.0.